The monoisotopic (exact) mass is 633 g/mol. The normalized spacial score (nSPS) is 16.2. The molecule has 238 valence electrons. The van der Waals surface area contributed by atoms with Gasteiger partial charge in [0.2, 0.25) is 5.91 Å². The van der Waals surface area contributed by atoms with Crippen molar-refractivity contribution in [3.63, 3.8) is 0 Å². The molecule has 0 saturated carbocycles. The molecule has 1 aliphatic heterocycles. The van der Waals surface area contributed by atoms with Crippen molar-refractivity contribution in [1.29, 1.82) is 0 Å². The number of fused-ring (bicyclic) bond motifs is 1. The zero-order valence-electron chi connectivity index (χ0n) is 25.3. The van der Waals surface area contributed by atoms with Gasteiger partial charge in [-0.15, -0.1) is 0 Å². The topological polar surface area (TPSA) is 87.5 Å². The number of anilines is 1. The minimum atomic E-state index is -4.68. The van der Waals surface area contributed by atoms with E-state index in [1.807, 2.05) is 6.07 Å². The number of nitrogens with one attached hydrogen (secondary N) is 1. The molecule has 0 spiro atoms. The zero-order chi connectivity index (χ0) is 33.3. The first-order chi connectivity index (χ1) is 21.8. The van der Waals surface area contributed by atoms with Crippen molar-refractivity contribution in [2.45, 2.75) is 38.5 Å². The van der Waals surface area contributed by atoms with E-state index in [0.717, 1.165) is 18.2 Å². The lowest BCUT2D eigenvalue weighted by atomic mass is 9.80. The molecular weight excluding hydrogens is 602 g/mol. The van der Waals surface area contributed by atoms with E-state index < -0.39 is 41.3 Å². The molecule has 0 unspecified atom stereocenters. The second-order valence-corrected chi connectivity index (χ2v) is 11.0. The molecule has 0 aliphatic carbocycles. The number of carbonyl (C=O) groups excluding carboxylic acids is 3. The quantitative estimate of drug-likeness (QED) is 0.195. The number of alkyl halides is 3. The van der Waals surface area contributed by atoms with Gasteiger partial charge in [0.25, 0.3) is 11.8 Å². The van der Waals surface area contributed by atoms with Crippen molar-refractivity contribution < 1.29 is 31.9 Å². The van der Waals surface area contributed by atoms with Crippen LogP contribution in [0.25, 0.3) is 5.69 Å². The number of carbonyl (C=O) groups is 3. The van der Waals surface area contributed by atoms with Crippen LogP contribution >= 0.6 is 0 Å². The minimum absolute atomic E-state index is 0.00834. The lowest BCUT2D eigenvalue weighted by Gasteiger charge is -2.38. The Morgan fingerprint density at radius 1 is 1.02 bits per heavy atom. The van der Waals surface area contributed by atoms with Gasteiger partial charge in [-0.25, -0.2) is 9.07 Å². The van der Waals surface area contributed by atoms with E-state index in [2.05, 4.69) is 11.9 Å². The molecule has 0 saturated heterocycles. The molecule has 0 radical (unpaired) electrons. The Morgan fingerprint density at radius 3 is 2.30 bits per heavy atom. The van der Waals surface area contributed by atoms with Gasteiger partial charge in [0, 0.05) is 36.2 Å². The lowest BCUT2D eigenvalue weighted by Crippen LogP contribution is -2.55. The molecule has 3 aromatic carbocycles. The fourth-order valence-corrected chi connectivity index (χ4v) is 5.65. The second-order valence-electron chi connectivity index (χ2n) is 11.0. The summed E-state index contributed by atoms with van der Waals surface area (Å²) < 4.78 is 56.1. The fraction of sp³-hybridized carbons (Fsp3) is 0.235. The molecule has 1 aliphatic rings. The summed E-state index contributed by atoms with van der Waals surface area (Å²) in [5.74, 6) is -2.87. The van der Waals surface area contributed by atoms with Crippen molar-refractivity contribution >= 4 is 23.5 Å². The van der Waals surface area contributed by atoms with Crippen molar-refractivity contribution in [3.05, 3.63) is 125 Å². The van der Waals surface area contributed by atoms with E-state index in [4.69, 9.17) is 5.10 Å². The van der Waals surface area contributed by atoms with Gasteiger partial charge < -0.3 is 10.2 Å². The number of para-hydroxylation sites is 1. The Bertz CT molecular complexity index is 1800. The number of hydrogen-bond acceptors (Lipinski definition) is 4. The smallest absolute Gasteiger partial charge is 0.339 e. The van der Waals surface area contributed by atoms with E-state index in [1.54, 1.807) is 49.8 Å². The molecule has 3 amide bonds. The maximum Gasteiger partial charge on any atom is 0.416 e. The van der Waals surface area contributed by atoms with Crippen LogP contribution < -0.4 is 10.2 Å². The molecule has 0 fully saturated rings. The third kappa shape index (κ3) is 6.15. The third-order valence-electron chi connectivity index (χ3n) is 7.79. The number of aromatic nitrogens is 2. The average molecular weight is 634 g/mol. The lowest BCUT2D eigenvalue weighted by molar-refractivity contribution is -0.137. The molecule has 2 heterocycles. The Morgan fingerprint density at radius 2 is 1.70 bits per heavy atom. The predicted molar refractivity (Wildman–Crippen MR) is 164 cm³/mol. The molecule has 5 rings (SSSR count). The summed E-state index contributed by atoms with van der Waals surface area (Å²) in [5.41, 5.74) is 0.951. The van der Waals surface area contributed by atoms with Crippen LogP contribution in [0.5, 0.6) is 0 Å². The number of benzene rings is 3. The first-order valence-electron chi connectivity index (χ1n) is 14.4. The summed E-state index contributed by atoms with van der Waals surface area (Å²) in [6, 6.07) is 17.0. The van der Waals surface area contributed by atoms with Gasteiger partial charge >= 0.3 is 6.18 Å². The summed E-state index contributed by atoms with van der Waals surface area (Å²) in [6.45, 7) is 7.20. The minimum Gasteiger partial charge on any atom is -0.339 e. The first-order valence-corrected chi connectivity index (χ1v) is 14.4. The predicted octanol–water partition coefficient (Wildman–Crippen LogP) is 5.86. The van der Waals surface area contributed by atoms with Gasteiger partial charge in [0.1, 0.15) is 17.7 Å². The maximum atomic E-state index is 14.3. The number of nitrogens with zero attached hydrogens (tertiary/aromatic N) is 4. The number of amides is 3. The molecule has 2 atom stereocenters. The van der Waals surface area contributed by atoms with Gasteiger partial charge in [0.15, 0.2) is 0 Å². The van der Waals surface area contributed by atoms with Gasteiger partial charge in [-0.3, -0.25) is 19.3 Å². The van der Waals surface area contributed by atoms with E-state index in [9.17, 15) is 31.9 Å². The fourth-order valence-electron chi connectivity index (χ4n) is 5.65. The van der Waals surface area contributed by atoms with E-state index in [0.29, 0.717) is 33.9 Å². The first kappa shape index (κ1) is 32.1. The van der Waals surface area contributed by atoms with Crippen LogP contribution in [0.2, 0.25) is 0 Å². The molecule has 4 aromatic rings. The highest BCUT2D eigenvalue weighted by molar-refractivity contribution is 6.05. The van der Waals surface area contributed by atoms with Gasteiger partial charge in [-0.2, -0.15) is 18.3 Å². The number of halogens is 4. The summed E-state index contributed by atoms with van der Waals surface area (Å²) in [7, 11) is 1.58. The summed E-state index contributed by atoms with van der Waals surface area (Å²) in [5, 5.41) is 7.55. The van der Waals surface area contributed by atoms with Crippen molar-refractivity contribution in [2.75, 3.05) is 18.5 Å². The van der Waals surface area contributed by atoms with Gasteiger partial charge in [0.05, 0.1) is 23.5 Å². The Balaban J connectivity index is 1.72. The second kappa shape index (κ2) is 12.6. The number of rotatable bonds is 8. The third-order valence-corrected chi connectivity index (χ3v) is 7.79. The highest BCUT2D eigenvalue weighted by atomic mass is 19.4. The number of hydrogen-bond donors (Lipinski definition) is 1. The van der Waals surface area contributed by atoms with Crippen LogP contribution in [0.4, 0.5) is 23.4 Å². The van der Waals surface area contributed by atoms with E-state index in [1.165, 1.54) is 40.1 Å². The zero-order valence-corrected chi connectivity index (χ0v) is 25.3. The molecule has 46 heavy (non-hydrogen) atoms. The molecule has 1 aromatic heterocycles. The van der Waals surface area contributed by atoms with Gasteiger partial charge in [-0.05, 0) is 61.9 Å². The SMILES string of the molecule is C=C(C)C(=O)N(C)Cc1nn(-c2ccccc2)c2c1[C@H](c1ccc(F)cc1)[C@H](NC(=O)c1cccc(C(F)(F)F)c1)C(=O)N2CC. The average Bonchev–Trinajstić information content (AvgIpc) is 3.39. The molecule has 12 heteroatoms. The van der Waals surface area contributed by atoms with Crippen molar-refractivity contribution in [3.8, 4) is 5.69 Å². The van der Waals surface area contributed by atoms with E-state index >= 15 is 0 Å². The highest BCUT2D eigenvalue weighted by Gasteiger charge is 2.46. The Kier molecular flexibility index (Phi) is 8.82. The van der Waals surface area contributed by atoms with Crippen LogP contribution in [0.3, 0.4) is 0 Å². The number of likely N-dealkylation sites (N-methyl/N-ethyl adjacent to an activating group) is 2. The van der Waals surface area contributed by atoms with Gasteiger partial charge in [-0.1, -0.05) is 43.0 Å². The largest absolute Gasteiger partial charge is 0.416 e. The van der Waals surface area contributed by atoms with Crippen LogP contribution in [-0.4, -0.2) is 52.0 Å². The molecule has 1 N–H and O–H groups in total. The van der Waals surface area contributed by atoms with E-state index in [-0.39, 0.29) is 24.6 Å². The summed E-state index contributed by atoms with van der Waals surface area (Å²) in [4.78, 5) is 43.6. The molecular formula is C34H31F4N5O3. The Hall–Kier alpha value is -5.26. The van der Waals surface area contributed by atoms with Crippen LogP contribution in [-0.2, 0) is 22.3 Å². The molecule has 0 bridgehead atoms. The highest BCUT2D eigenvalue weighted by Crippen LogP contribution is 2.44. The van der Waals surface area contributed by atoms with Crippen LogP contribution in [0, 0.1) is 5.82 Å². The van der Waals surface area contributed by atoms with Crippen LogP contribution in [0.15, 0.2) is 91.0 Å². The van der Waals surface area contributed by atoms with Crippen LogP contribution in [0.1, 0.15) is 52.5 Å². The Labute approximate surface area is 262 Å². The summed E-state index contributed by atoms with van der Waals surface area (Å²) in [6.07, 6.45) is -4.68. The van der Waals surface area contributed by atoms with Crippen molar-refractivity contribution in [2.24, 2.45) is 0 Å². The standard InChI is InChI=1S/C34H31F4N5O3/c1-5-42-31-28(26(19-41(4)32(45)20(2)3)40-43(31)25-12-7-6-8-13-25)27(21-14-16-24(35)17-15-21)29(33(42)46)39-30(44)22-10-9-11-23(18-22)34(36,37)38/h6-18,27,29H,2,5,19H2,1,3-4H3,(H,39,44)/t27-,29-/m0/s1. The summed E-state index contributed by atoms with van der Waals surface area (Å²) >= 11 is 0. The maximum absolute atomic E-state index is 14.3. The van der Waals surface area contributed by atoms with Crippen molar-refractivity contribution in [1.82, 2.24) is 20.0 Å². The molecule has 8 nitrogen and oxygen atoms in total.